The average Bonchev–Trinajstić information content (AvgIpc) is 3.49. The van der Waals surface area contributed by atoms with Crippen molar-refractivity contribution in [3.63, 3.8) is 0 Å². The Kier molecular flexibility index (Phi) is 8.23. The molecule has 1 aliphatic rings. The molecule has 1 heteroatoms. The predicted octanol–water partition coefficient (Wildman–Crippen LogP) is 15.3. The topological polar surface area (TPSA) is 3.24 Å². The monoisotopic (exact) mass is 715 g/mol. The van der Waals surface area contributed by atoms with Crippen molar-refractivity contribution in [2.45, 2.75) is 19.3 Å². The molecule has 0 saturated heterocycles. The lowest BCUT2D eigenvalue weighted by Gasteiger charge is -2.27. The Morgan fingerprint density at radius 1 is 0.304 bits per heavy atom. The summed E-state index contributed by atoms with van der Waals surface area (Å²) in [5, 5.41) is 2.45. The maximum Gasteiger partial charge on any atom is 0.0468 e. The molecule has 266 valence electrons. The molecule has 0 amide bonds. The van der Waals surface area contributed by atoms with E-state index in [1.165, 1.54) is 77.5 Å². The van der Waals surface area contributed by atoms with Crippen LogP contribution in [0.15, 0.2) is 212 Å². The van der Waals surface area contributed by atoms with Gasteiger partial charge in [0.15, 0.2) is 0 Å². The van der Waals surface area contributed by atoms with Crippen LogP contribution in [0.2, 0.25) is 0 Å². The fourth-order valence-corrected chi connectivity index (χ4v) is 8.79. The summed E-state index contributed by atoms with van der Waals surface area (Å²) in [6.45, 7) is 4.76. The highest BCUT2D eigenvalue weighted by atomic mass is 15.1. The van der Waals surface area contributed by atoms with Crippen molar-refractivity contribution in [2.24, 2.45) is 0 Å². The van der Waals surface area contributed by atoms with Gasteiger partial charge in [0.05, 0.1) is 0 Å². The van der Waals surface area contributed by atoms with Crippen molar-refractivity contribution in [1.82, 2.24) is 0 Å². The van der Waals surface area contributed by atoms with E-state index in [-0.39, 0.29) is 5.41 Å². The lowest BCUT2D eigenvalue weighted by molar-refractivity contribution is 0.661. The van der Waals surface area contributed by atoms with Crippen molar-refractivity contribution >= 4 is 27.8 Å². The van der Waals surface area contributed by atoms with Crippen LogP contribution in [0.5, 0.6) is 0 Å². The van der Waals surface area contributed by atoms with E-state index in [9.17, 15) is 0 Å². The number of anilines is 3. The molecule has 0 aliphatic heterocycles. The quantitative estimate of drug-likeness (QED) is 0.159. The highest BCUT2D eigenvalue weighted by Gasteiger charge is 2.38. The lowest BCUT2D eigenvalue weighted by atomic mass is 9.80. The molecule has 0 unspecified atom stereocenters. The molecular formula is C55H41N. The van der Waals surface area contributed by atoms with Crippen LogP contribution in [0, 0.1) is 0 Å². The van der Waals surface area contributed by atoms with Gasteiger partial charge in [0.1, 0.15) is 0 Å². The molecule has 0 fully saturated rings. The summed E-state index contributed by atoms with van der Waals surface area (Å²) in [5.74, 6) is 0. The van der Waals surface area contributed by atoms with Crippen molar-refractivity contribution in [1.29, 1.82) is 0 Å². The van der Waals surface area contributed by atoms with Crippen molar-refractivity contribution in [2.75, 3.05) is 4.90 Å². The van der Waals surface area contributed by atoms with E-state index in [1.807, 2.05) is 0 Å². The van der Waals surface area contributed by atoms with Crippen LogP contribution in [0.1, 0.15) is 25.0 Å². The number of hydrogen-bond donors (Lipinski definition) is 0. The number of nitrogens with zero attached hydrogens (tertiary/aromatic N) is 1. The molecule has 0 radical (unpaired) electrons. The molecular weight excluding hydrogens is 675 g/mol. The first kappa shape index (κ1) is 33.6. The molecule has 10 rings (SSSR count). The normalized spacial score (nSPS) is 12.6. The van der Waals surface area contributed by atoms with Gasteiger partial charge in [0.2, 0.25) is 0 Å². The average molecular weight is 716 g/mol. The van der Waals surface area contributed by atoms with Crippen LogP contribution >= 0.6 is 0 Å². The molecule has 0 heterocycles. The van der Waals surface area contributed by atoms with Gasteiger partial charge in [-0.15, -0.1) is 0 Å². The minimum Gasteiger partial charge on any atom is -0.310 e. The van der Waals surface area contributed by atoms with E-state index < -0.39 is 0 Å². The Hall–Kier alpha value is -6.96. The SMILES string of the molecule is CC1(C)c2cc(-c3ccc(N(c4cccc(-c5ccccc5)c4)c4ccc5ccccc5c4)cc3)c(-c3ccccc3)cc2-c2c(-c3ccccc3)cccc21. The van der Waals surface area contributed by atoms with Gasteiger partial charge >= 0.3 is 0 Å². The molecule has 1 nitrogen and oxygen atoms in total. The molecule has 0 spiro atoms. The second kappa shape index (κ2) is 13.7. The van der Waals surface area contributed by atoms with Gasteiger partial charge in [-0.25, -0.2) is 0 Å². The summed E-state index contributed by atoms with van der Waals surface area (Å²) >= 11 is 0. The zero-order valence-electron chi connectivity index (χ0n) is 31.7. The predicted molar refractivity (Wildman–Crippen MR) is 238 cm³/mol. The summed E-state index contributed by atoms with van der Waals surface area (Å²) < 4.78 is 0. The summed E-state index contributed by atoms with van der Waals surface area (Å²) in [6, 6.07) is 77.6. The molecule has 9 aromatic rings. The van der Waals surface area contributed by atoms with Crippen LogP contribution < -0.4 is 4.90 Å². The second-order valence-electron chi connectivity index (χ2n) is 15.4. The molecule has 9 aromatic carbocycles. The number of rotatable bonds is 7. The Morgan fingerprint density at radius 2 is 0.839 bits per heavy atom. The van der Waals surface area contributed by atoms with Gasteiger partial charge in [-0.2, -0.15) is 0 Å². The fraction of sp³-hybridized carbons (Fsp3) is 0.0545. The molecule has 1 aliphatic carbocycles. The van der Waals surface area contributed by atoms with E-state index in [0.717, 1.165) is 17.1 Å². The summed E-state index contributed by atoms with van der Waals surface area (Å²) in [5.41, 5.74) is 18.4. The maximum atomic E-state index is 2.48. The van der Waals surface area contributed by atoms with Crippen molar-refractivity contribution < 1.29 is 0 Å². The molecule has 0 aromatic heterocycles. The van der Waals surface area contributed by atoms with Gasteiger partial charge in [-0.1, -0.05) is 178 Å². The first-order chi connectivity index (χ1) is 27.5. The third-order valence-electron chi connectivity index (χ3n) is 11.6. The molecule has 0 bridgehead atoms. The van der Waals surface area contributed by atoms with Crippen molar-refractivity contribution in [3.8, 4) is 55.6 Å². The van der Waals surface area contributed by atoms with E-state index in [4.69, 9.17) is 0 Å². The van der Waals surface area contributed by atoms with E-state index >= 15 is 0 Å². The van der Waals surface area contributed by atoms with Gasteiger partial charge < -0.3 is 4.90 Å². The standard InChI is InChI=1S/C55H41N/c1-55(2)52-27-15-26-48(40-19-8-4-9-20-40)54(52)51-36-49(41-21-10-5-11-22-41)50(37-53(51)55)42-29-31-45(32-30-42)56(47-33-28-39-18-12-13-23-43(39)35-47)46-25-14-24-44(34-46)38-16-6-3-7-17-38/h3-37H,1-2H3. The number of benzene rings is 9. The lowest BCUT2D eigenvalue weighted by Crippen LogP contribution is -2.15. The maximum absolute atomic E-state index is 2.48. The van der Waals surface area contributed by atoms with Crippen LogP contribution in [0.4, 0.5) is 17.1 Å². The van der Waals surface area contributed by atoms with Crippen LogP contribution in [-0.4, -0.2) is 0 Å². The Morgan fingerprint density at radius 3 is 1.55 bits per heavy atom. The van der Waals surface area contributed by atoms with E-state index in [1.54, 1.807) is 0 Å². The highest BCUT2D eigenvalue weighted by Crippen LogP contribution is 2.54. The van der Waals surface area contributed by atoms with Gasteiger partial charge in [-0.05, 0) is 126 Å². The number of hydrogen-bond acceptors (Lipinski definition) is 1. The van der Waals surface area contributed by atoms with Crippen LogP contribution in [0.3, 0.4) is 0 Å². The molecule has 0 saturated carbocycles. The first-order valence-electron chi connectivity index (χ1n) is 19.5. The van der Waals surface area contributed by atoms with E-state index in [0.29, 0.717) is 0 Å². The largest absolute Gasteiger partial charge is 0.310 e. The minimum atomic E-state index is -0.157. The molecule has 0 atom stereocenters. The zero-order chi connectivity index (χ0) is 37.6. The number of fused-ring (bicyclic) bond motifs is 4. The van der Waals surface area contributed by atoms with Gasteiger partial charge in [-0.3, -0.25) is 0 Å². The third kappa shape index (κ3) is 5.81. The van der Waals surface area contributed by atoms with E-state index in [2.05, 4.69) is 231 Å². The van der Waals surface area contributed by atoms with Gasteiger partial charge in [0, 0.05) is 22.5 Å². The van der Waals surface area contributed by atoms with Gasteiger partial charge in [0.25, 0.3) is 0 Å². The molecule has 56 heavy (non-hydrogen) atoms. The fourth-order valence-electron chi connectivity index (χ4n) is 8.79. The van der Waals surface area contributed by atoms with Crippen LogP contribution in [-0.2, 0) is 5.41 Å². The first-order valence-corrected chi connectivity index (χ1v) is 19.5. The Labute approximate surface area is 329 Å². The molecule has 0 N–H and O–H groups in total. The minimum absolute atomic E-state index is 0.157. The summed E-state index contributed by atoms with van der Waals surface area (Å²) in [6.07, 6.45) is 0. The summed E-state index contributed by atoms with van der Waals surface area (Å²) in [4.78, 5) is 2.38. The third-order valence-corrected chi connectivity index (χ3v) is 11.6. The second-order valence-corrected chi connectivity index (χ2v) is 15.4. The highest BCUT2D eigenvalue weighted by molar-refractivity contribution is 5.98. The van der Waals surface area contributed by atoms with Crippen molar-refractivity contribution in [3.05, 3.63) is 223 Å². The Balaban J connectivity index is 1.13. The zero-order valence-corrected chi connectivity index (χ0v) is 31.7. The van der Waals surface area contributed by atoms with Crippen LogP contribution in [0.25, 0.3) is 66.4 Å². The smallest absolute Gasteiger partial charge is 0.0468 e. The Bertz CT molecular complexity index is 2850. The summed E-state index contributed by atoms with van der Waals surface area (Å²) in [7, 11) is 0.